The number of nitrogens with one attached hydrogen (secondary N) is 2. The molecule has 3 aromatic rings. The van der Waals surface area contributed by atoms with Gasteiger partial charge in [-0.15, -0.1) is 5.10 Å². The fourth-order valence-corrected chi connectivity index (χ4v) is 3.15. The minimum absolute atomic E-state index is 0.231. The average Bonchev–Trinajstić information content (AvgIpc) is 3.03. The number of hydrogen-bond donors (Lipinski definition) is 2. The molecule has 2 heterocycles. The van der Waals surface area contributed by atoms with Crippen LogP contribution in [0.1, 0.15) is 13.3 Å². The van der Waals surface area contributed by atoms with Crippen LogP contribution in [0.4, 0.5) is 5.69 Å². The second-order valence-corrected chi connectivity index (χ2v) is 6.86. The van der Waals surface area contributed by atoms with Gasteiger partial charge in [0.15, 0.2) is 5.65 Å². The maximum Gasteiger partial charge on any atom is 0.350 e. The summed E-state index contributed by atoms with van der Waals surface area (Å²) in [6.45, 7) is 3.51. The molecule has 2 N–H and O–H groups in total. The molecule has 8 nitrogen and oxygen atoms in total. The number of ether oxygens (including phenoxy) is 1. The van der Waals surface area contributed by atoms with Crippen molar-refractivity contribution in [2.24, 2.45) is 0 Å². The first-order chi connectivity index (χ1) is 14.1. The Bertz CT molecular complexity index is 1020. The first kappa shape index (κ1) is 20.9. The highest BCUT2D eigenvalue weighted by Crippen LogP contribution is 2.14. The van der Waals surface area contributed by atoms with Crippen LogP contribution >= 0.6 is 11.6 Å². The van der Waals surface area contributed by atoms with Crippen molar-refractivity contribution < 1.29 is 9.53 Å². The lowest BCUT2D eigenvalue weighted by Gasteiger charge is -2.17. The van der Waals surface area contributed by atoms with Crippen LogP contribution in [0.15, 0.2) is 53.5 Å². The van der Waals surface area contributed by atoms with E-state index >= 15 is 0 Å². The van der Waals surface area contributed by atoms with Gasteiger partial charge in [0.2, 0.25) is 0 Å². The van der Waals surface area contributed by atoms with E-state index in [1.807, 2.05) is 30.3 Å². The van der Waals surface area contributed by atoms with Crippen LogP contribution in [-0.2, 0) is 16.1 Å². The van der Waals surface area contributed by atoms with Gasteiger partial charge < -0.3 is 15.4 Å². The molecular weight excluding hydrogens is 394 g/mol. The molecule has 29 heavy (non-hydrogen) atoms. The highest BCUT2D eigenvalue weighted by Gasteiger charge is 2.20. The molecule has 0 aliphatic heterocycles. The minimum Gasteiger partial charge on any atom is -0.465 e. The summed E-state index contributed by atoms with van der Waals surface area (Å²) in [5.41, 5.74) is 1.25. The maximum absolute atomic E-state index is 12.4. The number of aryl methyl sites for hydroxylation is 1. The third kappa shape index (κ3) is 5.58. The quantitative estimate of drug-likeness (QED) is 0.388. The SMILES string of the molecule is CCOC(=O)C(CCn1nc2ccccn2c1=O)NCCNc1cccc(Cl)c1. The Morgan fingerprint density at radius 3 is 2.86 bits per heavy atom. The van der Waals surface area contributed by atoms with Crippen LogP contribution in [0.3, 0.4) is 0 Å². The van der Waals surface area contributed by atoms with E-state index in [2.05, 4.69) is 15.7 Å². The number of carbonyl (C=O) groups excluding carboxylic acids is 1. The van der Waals surface area contributed by atoms with E-state index in [0.717, 1.165) is 5.69 Å². The number of anilines is 1. The van der Waals surface area contributed by atoms with E-state index in [4.69, 9.17) is 16.3 Å². The van der Waals surface area contributed by atoms with E-state index < -0.39 is 6.04 Å². The van der Waals surface area contributed by atoms with Crippen molar-refractivity contribution >= 4 is 28.9 Å². The number of aromatic nitrogens is 3. The first-order valence-corrected chi connectivity index (χ1v) is 9.90. The van der Waals surface area contributed by atoms with Gasteiger partial charge in [-0.25, -0.2) is 9.48 Å². The van der Waals surface area contributed by atoms with Gasteiger partial charge in [0, 0.05) is 36.5 Å². The van der Waals surface area contributed by atoms with Crippen molar-refractivity contribution in [2.75, 3.05) is 25.0 Å². The fourth-order valence-electron chi connectivity index (χ4n) is 2.96. The normalized spacial score (nSPS) is 12.1. The Balaban J connectivity index is 1.57. The highest BCUT2D eigenvalue weighted by atomic mass is 35.5. The summed E-state index contributed by atoms with van der Waals surface area (Å²) in [6.07, 6.45) is 2.06. The van der Waals surface area contributed by atoms with Crippen LogP contribution in [-0.4, -0.2) is 45.9 Å². The molecule has 0 aliphatic rings. The molecule has 0 bridgehead atoms. The molecule has 3 rings (SSSR count). The molecule has 0 spiro atoms. The Morgan fingerprint density at radius 2 is 2.10 bits per heavy atom. The van der Waals surface area contributed by atoms with Gasteiger partial charge in [-0.05, 0) is 43.7 Å². The monoisotopic (exact) mass is 417 g/mol. The van der Waals surface area contributed by atoms with Crippen LogP contribution in [0.2, 0.25) is 5.02 Å². The molecule has 154 valence electrons. The Morgan fingerprint density at radius 1 is 1.24 bits per heavy atom. The number of halogens is 1. The molecule has 1 unspecified atom stereocenters. The number of benzene rings is 1. The standard InChI is InChI=1S/C20H24ClN5O3/c1-2-29-19(27)17(23-11-10-22-16-7-5-6-15(21)14-16)9-13-26-20(28)25-12-4-3-8-18(25)24-26/h3-8,12,14,17,22-23H,2,9-11,13H2,1H3. The molecule has 0 amide bonds. The molecule has 1 aromatic carbocycles. The Kier molecular flexibility index (Phi) is 7.26. The topological polar surface area (TPSA) is 89.7 Å². The summed E-state index contributed by atoms with van der Waals surface area (Å²) in [6, 6.07) is 12.3. The lowest BCUT2D eigenvalue weighted by molar-refractivity contribution is -0.145. The molecule has 2 aromatic heterocycles. The fraction of sp³-hybridized carbons (Fsp3) is 0.350. The average molecular weight is 418 g/mol. The van der Waals surface area contributed by atoms with E-state index in [9.17, 15) is 9.59 Å². The largest absolute Gasteiger partial charge is 0.465 e. The zero-order valence-corrected chi connectivity index (χ0v) is 16.9. The van der Waals surface area contributed by atoms with Crippen molar-refractivity contribution in [2.45, 2.75) is 25.9 Å². The van der Waals surface area contributed by atoms with Gasteiger partial charge in [0.25, 0.3) is 0 Å². The lowest BCUT2D eigenvalue weighted by atomic mass is 10.2. The number of pyridine rings is 1. The van der Waals surface area contributed by atoms with Gasteiger partial charge in [-0.1, -0.05) is 23.7 Å². The molecular formula is C20H24ClN5O3. The van der Waals surface area contributed by atoms with Crippen molar-refractivity contribution in [1.29, 1.82) is 0 Å². The Labute approximate surface area is 173 Å². The third-order valence-electron chi connectivity index (χ3n) is 4.36. The number of rotatable bonds is 10. The van der Waals surface area contributed by atoms with E-state index in [0.29, 0.717) is 43.3 Å². The zero-order valence-electron chi connectivity index (χ0n) is 16.2. The van der Waals surface area contributed by atoms with E-state index in [1.165, 1.54) is 9.08 Å². The van der Waals surface area contributed by atoms with Gasteiger partial charge in [0.05, 0.1) is 6.61 Å². The maximum atomic E-state index is 12.4. The van der Waals surface area contributed by atoms with Crippen LogP contribution in [0.5, 0.6) is 0 Å². The molecule has 0 radical (unpaired) electrons. The number of hydrogen-bond acceptors (Lipinski definition) is 6. The van der Waals surface area contributed by atoms with Gasteiger partial charge in [0.1, 0.15) is 6.04 Å². The van der Waals surface area contributed by atoms with Crippen molar-refractivity contribution in [1.82, 2.24) is 19.5 Å². The smallest absolute Gasteiger partial charge is 0.350 e. The third-order valence-corrected chi connectivity index (χ3v) is 4.59. The number of carbonyl (C=O) groups is 1. The predicted molar refractivity (Wildman–Crippen MR) is 112 cm³/mol. The summed E-state index contributed by atoms with van der Waals surface area (Å²) in [5.74, 6) is -0.341. The molecule has 0 saturated carbocycles. The summed E-state index contributed by atoms with van der Waals surface area (Å²) in [4.78, 5) is 24.7. The van der Waals surface area contributed by atoms with Crippen molar-refractivity contribution in [3.8, 4) is 0 Å². The van der Waals surface area contributed by atoms with E-state index in [1.54, 1.807) is 25.3 Å². The number of fused-ring (bicyclic) bond motifs is 1. The molecule has 9 heteroatoms. The Hall–Kier alpha value is -2.84. The molecule has 0 saturated heterocycles. The zero-order chi connectivity index (χ0) is 20.6. The van der Waals surface area contributed by atoms with Crippen molar-refractivity contribution in [3.63, 3.8) is 0 Å². The summed E-state index contributed by atoms with van der Waals surface area (Å²) in [7, 11) is 0. The first-order valence-electron chi connectivity index (χ1n) is 9.52. The summed E-state index contributed by atoms with van der Waals surface area (Å²) in [5, 5.41) is 11.4. The summed E-state index contributed by atoms with van der Waals surface area (Å²) < 4.78 is 8.00. The van der Waals surface area contributed by atoms with Gasteiger partial charge in [-0.3, -0.25) is 9.20 Å². The highest BCUT2D eigenvalue weighted by molar-refractivity contribution is 6.30. The van der Waals surface area contributed by atoms with Crippen molar-refractivity contribution in [3.05, 3.63) is 64.2 Å². The predicted octanol–water partition coefficient (Wildman–Crippen LogP) is 2.17. The number of nitrogens with zero attached hydrogens (tertiary/aromatic N) is 3. The molecule has 0 fully saturated rings. The molecule has 0 aliphatic carbocycles. The number of esters is 1. The van der Waals surface area contributed by atoms with E-state index in [-0.39, 0.29) is 11.7 Å². The lowest BCUT2D eigenvalue weighted by Crippen LogP contribution is -2.41. The van der Waals surface area contributed by atoms with Crippen LogP contribution in [0, 0.1) is 0 Å². The van der Waals surface area contributed by atoms with Crippen LogP contribution < -0.4 is 16.3 Å². The molecule has 1 atom stereocenters. The second-order valence-electron chi connectivity index (χ2n) is 6.42. The summed E-state index contributed by atoms with van der Waals surface area (Å²) >= 11 is 5.97. The van der Waals surface area contributed by atoms with Crippen LogP contribution in [0.25, 0.3) is 5.65 Å². The van der Waals surface area contributed by atoms with Gasteiger partial charge in [-0.2, -0.15) is 0 Å². The minimum atomic E-state index is -0.534. The second kappa shape index (κ2) is 10.1. The van der Waals surface area contributed by atoms with Gasteiger partial charge >= 0.3 is 11.7 Å².